The van der Waals surface area contributed by atoms with Crippen LogP contribution >= 0.6 is 27.3 Å². The van der Waals surface area contributed by atoms with Gasteiger partial charge in [0.05, 0.1) is 6.61 Å². The number of allylic oxidation sites excluding steroid dienone is 1. The van der Waals surface area contributed by atoms with E-state index < -0.39 is 6.10 Å². The number of hydrogen-bond acceptors (Lipinski definition) is 3. The van der Waals surface area contributed by atoms with Crippen molar-refractivity contribution in [3.63, 3.8) is 0 Å². The smallest absolute Gasteiger partial charge is 0.138 e. The summed E-state index contributed by atoms with van der Waals surface area (Å²) in [6.07, 6.45) is 3.39. The molecule has 0 saturated carbocycles. The van der Waals surface area contributed by atoms with Crippen molar-refractivity contribution >= 4 is 27.3 Å². The van der Waals surface area contributed by atoms with Crippen LogP contribution in [0.2, 0.25) is 0 Å². The van der Waals surface area contributed by atoms with E-state index in [2.05, 4.69) is 15.9 Å². The van der Waals surface area contributed by atoms with Crippen LogP contribution in [0.3, 0.4) is 0 Å². The molecule has 2 rings (SSSR count). The first-order chi connectivity index (χ1) is 6.79. The van der Waals surface area contributed by atoms with Gasteiger partial charge < -0.3 is 9.84 Å². The first kappa shape index (κ1) is 10.2. The third-order valence-electron chi connectivity index (χ3n) is 2.17. The summed E-state index contributed by atoms with van der Waals surface area (Å²) in [6.45, 7) is 0.713. The van der Waals surface area contributed by atoms with Gasteiger partial charge in [-0.3, -0.25) is 0 Å². The predicted molar refractivity (Wildman–Crippen MR) is 60.2 cm³/mol. The van der Waals surface area contributed by atoms with Gasteiger partial charge in [-0.05, 0) is 40.2 Å². The van der Waals surface area contributed by atoms with Gasteiger partial charge in [-0.1, -0.05) is 0 Å². The molecule has 1 aliphatic heterocycles. The van der Waals surface area contributed by atoms with Crippen LogP contribution in [0, 0.1) is 0 Å². The Morgan fingerprint density at radius 1 is 1.50 bits per heavy atom. The van der Waals surface area contributed by atoms with Crippen LogP contribution in [0.15, 0.2) is 27.1 Å². The first-order valence-electron chi connectivity index (χ1n) is 4.51. The fourth-order valence-electron chi connectivity index (χ4n) is 1.41. The molecule has 0 amide bonds. The molecule has 1 aromatic rings. The van der Waals surface area contributed by atoms with Crippen LogP contribution in [0.25, 0.3) is 0 Å². The Bertz CT molecular complexity index is 346. The molecule has 0 aromatic carbocycles. The Balaban J connectivity index is 2.19. The van der Waals surface area contributed by atoms with Crippen LogP contribution in [0.5, 0.6) is 0 Å². The fourth-order valence-corrected chi connectivity index (χ4v) is 2.94. The summed E-state index contributed by atoms with van der Waals surface area (Å²) in [4.78, 5) is 0. The van der Waals surface area contributed by atoms with Crippen molar-refractivity contribution in [2.75, 3.05) is 6.61 Å². The topological polar surface area (TPSA) is 29.5 Å². The molecule has 0 bridgehead atoms. The molecule has 1 N–H and O–H groups in total. The van der Waals surface area contributed by atoms with Gasteiger partial charge in [-0.2, -0.15) is 11.3 Å². The highest BCUT2D eigenvalue weighted by Crippen LogP contribution is 2.33. The Kier molecular flexibility index (Phi) is 3.26. The Morgan fingerprint density at radius 2 is 2.36 bits per heavy atom. The van der Waals surface area contributed by atoms with Gasteiger partial charge in [0, 0.05) is 15.4 Å². The SMILES string of the molecule is OC(C1=CCCCO1)c1cscc1Br. The van der Waals surface area contributed by atoms with Gasteiger partial charge >= 0.3 is 0 Å². The quantitative estimate of drug-likeness (QED) is 0.897. The number of hydrogen-bond donors (Lipinski definition) is 1. The molecule has 0 fully saturated rings. The molecular weight excluding hydrogens is 264 g/mol. The third-order valence-corrected chi connectivity index (χ3v) is 3.92. The van der Waals surface area contributed by atoms with Crippen molar-refractivity contribution < 1.29 is 9.84 Å². The average molecular weight is 275 g/mol. The lowest BCUT2D eigenvalue weighted by atomic mass is 10.1. The maximum absolute atomic E-state index is 10.00. The van der Waals surface area contributed by atoms with Crippen molar-refractivity contribution in [2.45, 2.75) is 18.9 Å². The maximum atomic E-state index is 10.00. The zero-order chi connectivity index (χ0) is 9.97. The Labute approximate surface area is 95.3 Å². The number of aliphatic hydroxyl groups is 1. The highest BCUT2D eigenvalue weighted by molar-refractivity contribution is 9.10. The first-order valence-corrected chi connectivity index (χ1v) is 6.25. The molecule has 0 saturated heterocycles. The van der Waals surface area contributed by atoms with Gasteiger partial charge in [0.15, 0.2) is 0 Å². The highest BCUT2D eigenvalue weighted by atomic mass is 79.9. The van der Waals surface area contributed by atoms with Crippen molar-refractivity contribution in [1.82, 2.24) is 0 Å². The highest BCUT2D eigenvalue weighted by Gasteiger charge is 2.19. The number of halogens is 1. The monoisotopic (exact) mass is 274 g/mol. The van der Waals surface area contributed by atoms with E-state index in [0.29, 0.717) is 12.4 Å². The minimum absolute atomic E-state index is 0.615. The summed E-state index contributed by atoms with van der Waals surface area (Å²) in [5, 5.41) is 13.9. The molecule has 1 unspecified atom stereocenters. The molecular formula is C10H11BrO2S. The Hall–Kier alpha value is -0.320. The van der Waals surface area contributed by atoms with Gasteiger partial charge in [-0.25, -0.2) is 0 Å². The second-order valence-corrected chi connectivity index (χ2v) is 4.77. The number of ether oxygens (including phenoxy) is 1. The van der Waals surface area contributed by atoms with Crippen LogP contribution in [-0.4, -0.2) is 11.7 Å². The lowest BCUT2D eigenvalue weighted by Gasteiger charge is -2.19. The van der Waals surface area contributed by atoms with E-state index in [1.807, 2.05) is 16.8 Å². The molecule has 0 spiro atoms. The molecule has 0 aliphatic carbocycles. The lowest BCUT2D eigenvalue weighted by molar-refractivity contribution is 0.0917. The maximum Gasteiger partial charge on any atom is 0.138 e. The van der Waals surface area contributed by atoms with Gasteiger partial charge in [-0.15, -0.1) is 0 Å². The summed E-state index contributed by atoms with van der Waals surface area (Å²) in [6, 6.07) is 0. The van der Waals surface area contributed by atoms with Crippen LogP contribution in [0.1, 0.15) is 24.5 Å². The summed E-state index contributed by atoms with van der Waals surface area (Å²) in [5.41, 5.74) is 0.892. The molecule has 2 nitrogen and oxygen atoms in total. The van der Waals surface area contributed by atoms with Crippen molar-refractivity contribution in [3.05, 3.63) is 32.6 Å². The van der Waals surface area contributed by atoms with Crippen molar-refractivity contribution in [3.8, 4) is 0 Å². The summed E-state index contributed by atoms with van der Waals surface area (Å²) in [7, 11) is 0. The molecule has 14 heavy (non-hydrogen) atoms. The molecule has 1 aliphatic rings. The van der Waals surface area contributed by atoms with Gasteiger partial charge in [0.1, 0.15) is 11.9 Å². The second kappa shape index (κ2) is 4.47. The molecule has 1 aromatic heterocycles. The summed E-state index contributed by atoms with van der Waals surface area (Å²) in [5.74, 6) is 0.690. The van der Waals surface area contributed by atoms with Gasteiger partial charge in [0.2, 0.25) is 0 Å². The van der Waals surface area contributed by atoms with E-state index in [-0.39, 0.29) is 0 Å². The van der Waals surface area contributed by atoms with E-state index >= 15 is 0 Å². The molecule has 4 heteroatoms. The molecule has 2 heterocycles. The molecule has 1 atom stereocenters. The van der Waals surface area contributed by atoms with Gasteiger partial charge in [0.25, 0.3) is 0 Å². The second-order valence-electron chi connectivity index (χ2n) is 3.17. The van der Waals surface area contributed by atoms with Crippen molar-refractivity contribution in [2.24, 2.45) is 0 Å². The lowest BCUT2D eigenvalue weighted by Crippen LogP contribution is -2.09. The summed E-state index contributed by atoms with van der Waals surface area (Å²) >= 11 is 4.97. The van der Waals surface area contributed by atoms with E-state index in [0.717, 1.165) is 22.9 Å². The normalized spacial score (nSPS) is 18.6. The molecule has 76 valence electrons. The van der Waals surface area contributed by atoms with Crippen molar-refractivity contribution in [1.29, 1.82) is 0 Å². The van der Waals surface area contributed by atoms with Crippen LogP contribution < -0.4 is 0 Å². The van der Waals surface area contributed by atoms with Crippen LogP contribution in [-0.2, 0) is 4.74 Å². The largest absolute Gasteiger partial charge is 0.495 e. The number of thiophene rings is 1. The average Bonchev–Trinajstić information content (AvgIpc) is 2.65. The fraction of sp³-hybridized carbons (Fsp3) is 0.400. The Morgan fingerprint density at radius 3 is 2.93 bits per heavy atom. The van der Waals surface area contributed by atoms with Crippen LogP contribution in [0.4, 0.5) is 0 Å². The van der Waals surface area contributed by atoms with E-state index in [1.165, 1.54) is 0 Å². The molecule has 0 radical (unpaired) electrons. The van der Waals surface area contributed by atoms with E-state index in [9.17, 15) is 5.11 Å². The minimum atomic E-state index is -0.615. The van der Waals surface area contributed by atoms with E-state index in [4.69, 9.17) is 4.74 Å². The zero-order valence-corrected chi connectivity index (χ0v) is 9.97. The number of aliphatic hydroxyl groups excluding tert-OH is 1. The predicted octanol–water partition coefficient (Wildman–Crippen LogP) is 3.24. The number of rotatable bonds is 2. The third kappa shape index (κ3) is 2.02. The minimum Gasteiger partial charge on any atom is -0.495 e. The summed E-state index contributed by atoms with van der Waals surface area (Å²) < 4.78 is 6.36. The van der Waals surface area contributed by atoms with E-state index in [1.54, 1.807) is 11.3 Å². The zero-order valence-electron chi connectivity index (χ0n) is 7.57. The standard InChI is InChI=1S/C10H11BrO2S/c11-8-6-14-5-7(8)10(12)9-3-1-2-4-13-9/h3,5-6,10,12H,1-2,4H2.